The molecule has 100 valence electrons. The highest BCUT2D eigenvalue weighted by atomic mass is 79.9. The molecule has 1 unspecified atom stereocenters. The van der Waals surface area contributed by atoms with E-state index in [0.29, 0.717) is 4.83 Å². The Morgan fingerprint density at radius 3 is 2.47 bits per heavy atom. The lowest BCUT2D eigenvalue weighted by Crippen LogP contribution is -1.98. The molecular formula is C17H19BrS. The van der Waals surface area contributed by atoms with Crippen molar-refractivity contribution < 1.29 is 0 Å². The maximum Gasteiger partial charge on any atom is 0.0446 e. The molecule has 0 aliphatic rings. The highest BCUT2D eigenvalue weighted by molar-refractivity contribution is 9.09. The predicted octanol–water partition coefficient (Wildman–Crippen LogP) is 5.70. The molecule has 0 fully saturated rings. The molecule has 1 atom stereocenters. The molecule has 19 heavy (non-hydrogen) atoms. The zero-order chi connectivity index (χ0) is 13.8. The van der Waals surface area contributed by atoms with Crippen molar-refractivity contribution in [2.24, 2.45) is 0 Å². The lowest BCUT2D eigenvalue weighted by molar-refractivity contribution is 0.922. The molecule has 0 aliphatic carbocycles. The number of rotatable bonds is 4. The van der Waals surface area contributed by atoms with Crippen LogP contribution in [0, 0.1) is 13.8 Å². The highest BCUT2D eigenvalue weighted by Crippen LogP contribution is 2.33. The van der Waals surface area contributed by atoms with Crippen molar-refractivity contribution in [3.05, 3.63) is 64.7 Å². The Hall–Kier alpha value is -0.730. The molecule has 0 N–H and O–H groups in total. The van der Waals surface area contributed by atoms with Crippen LogP contribution in [0.5, 0.6) is 0 Å². The molecule has 0 aromatic heterocycles. The fourth-order valence-corrected chi connectivity index (χ4v) is 3.76. The van der Waals surface area contributed by atoms with Crippen molar-refractivity contribution >= 4 is 27.7 Å². The maximum atomic E-state index is 3.84. The van der Waals surface area contributed by atoms with Crippen LogP contribution in [-0.2, 0) is 6.42 Å². The summed E-state index contributed by atoms with van der Waals surface area (Å²) in [6, 6.07) is 15.4. The quantitative estimate of drug-likeness (QED) is 0.510. The molecule has 0 saturated heterocycles. The van der Waals surface area contributed by atoms with Crippen LogP contribution in [0.3, 0.4) is 0 Å². The van der Waals surface area contributed by atoms with Crippen LogP contribution in [0.25, 0.3) is 0 Å². The van der Waals surface area contributed by atoms with Gasteiger partial charge in [-0.2, -0.15) is 0 Å². The van der Waals surface area contributed by atoms with E-state index in [2.05, 4.69) is 78.5 Å². The average Bonchev–Trinajstić information content (AvgIpc) is 2.43. The van der Waals surface area contributed by atoms with Crippen molar-refractivity contribution in [2.75, 3.05) is 6.26 Å². The topological polar surface area (TPSA) is 0 Å². The Labute approximate surface area is 128 Å². The average molecular weight is 335 g/mol. The minimum absolute atomic E-state index is 0.373. The summed E-state index contributed by atoms with van der Waals surface area (Å²) < 4.78 is 0. The van der Waals surface area contributed by atoms with E-state index in [0.717, 1.165) is 6.42 Å². The van der Waals surface area contributed by atoms with Crippen LogP contribution >= 0.6 is 27.7 Å². The van der Waals surface area contributed by atoms with Gasteiger partial charge in [-0.1, -0.05) is 52.3 Å². The largest absolute Gasteiger partial charge is 0.129 e. The Kier molecular flexibility index (Phi) is 5.12. The van der Waals surface area contributed by atoms with E-state index in [1.54, 1.807) is 0 Å². The first-order valence-electron chi connectivity index (χ1n) is 6.45. The zero-order valence-corrected chi connectivity index (χ0v) is 14.0. The minimum atomic E-state index is 0.373. The number of halogens is 1. The van der Waals surface area contributed by atoms with E-state index in [1.165, 1.54) is 27.1 Å². The van der Waals surface area contributed by atoms with Gasteiger partial charge >= 0.3 is 0 Å². The molecule has 2 heteroatoms. The number of benzene rings is 2. The van der Waals surface area contributed by atoms with Crippen LogP contribution < -0.4 is 0 Å². The molecule has 0 saturated carbocycles. The van der Waals surface area contributed by atoms with Gasteiger partial charge in [-0.3, -0.25) is 0 Å². The van der Waals surface area contributed by atoms with Gasteiger partial charge in [0.1, 0.15) is 0 Å². The summed E-state index contributed by atoms with van der Waals surface area (Å²) in [5.41, 5.74) is 5.50. The molecule has 2 rings (SSSR count). The first-order chi connectivity index (χ1) is 9.11. The number of hydrogen-bond acceptors (Lipinski definition) is 1. The third-order valence-corrected chi connectivity index (χ3v) is 5.09. The van der Waals surface area contributed by atoms with E-state index in [4.69, 9.17) is 0 Å². The molecule has 0 aliphatic heterocycles. The van der Waals surface area contributed by atoms with Gasteiger partial charge in [-0.05, 0) is 54.8 Å². The summed E-state index contributed by atoms with van der Waals surface area (Å²) in [4.78, 5) is 1.73. The number of thioether (sulfide) groups is 1. The molecular weight excluding hydrogens is 316 g/mol. The Bertz CT molecular complexity index is 563. The molecule has 0 bridgehead atoms. The van der Waals surface area contributed by atoms with Crippen molar-refractivity contribution in [3.8, 4) is 0 Å². The van der Waals surface area contributed by atoms with Gasteiger partial charge in [-0.25, -0.2) is 0 Å². The third kappa shape index (κ3) is 3.64. The molecule has 0 spiro atoms. The molecule has 2 aromatic carbocycles. The van der Waals surface area contributed by atoms with Gasteiger partial charge in [0, 0.05) is 9.72 Å². The molecule has 0 radical (unpaired) electrons. The summed E-state index contributed by atoms with van der Waals surface area (Å²) in [6.45, 7) is 4.34. The summed E-state index contributed by atoms with van der Waals surface area (Å²) in [5, 5.41) is 0. The van der Waals surface area contributed by atoms with Crippen LogP contribution in [-0.4, -0.2) is 6.26 Å². The second-order valence-corrected chi connectivity index (χ2v) is 6.79. The second kappa shape index (κ2) is 6.62. The highest BCUT2D eigenvalue weighted by Gasteiger charge is 2.12. The normalized spacial score (nSPS) is 12.4. The summed E-state index contributed by atoms with van der Waals surface area (Å²) in [6.07, 6.45) is 3.16. The van der Waals surface area contributed by atoms with E-state index in [1.807, 2.05) is 11.8 Å². The van der Waals surface area contributed by atoms with Gasteiger partial charge in [-0.15, -0.1) is 11.8 Å². The Morgan fingerprint density at radius 2 is 1.79 bits per heavy atom. The van der Waals surface area contributed by atoms with Crippen LogP contribution in [0.15, 0.2) is 47.4 Å². The number of hydrogen-bond donors (Lipinski definition) is 0. The predicted molar refractivity (Wildman–Crippen MR) is 89.5 cm³/mol. The zero-order valence-electron chi connectivity index (χ0n) is 11.6. The van der Waals surface area contributed by atoms with Gasteiger partial charge < -0.3 is 0 Å². The van der Waals surface area contributed by atoms with Crippen LogP contribution in [0.4, 0.5) is 0 Å². The lowest BCUT2D eigenvalue weighted by atomic mass is 10.0. The molecule has 2 aromatic rings. The fraction of sp³-hybridized carbons (Fsp3) is 0.294. The van der Waals surface area contributed by atoms with Crippen LogP contribution in [0.2, 0.25) is 0 Å². The van der Waals surface area contributed by atoms with Crippen molar-refractivity contribution in [2.45, 2.75) is 30.0 Å². The number of alkyl halides is 1. The standard InChI is InChI=1S/C17H19BrS/c1-12-8-9-14(10-13(12)2)11-16(18)15-6-4-5-7-17(15)19-3/h4-10,16H,11H2,1-3H3. The van der Waals surface area contributed by atoms with Crippen molar-refractivity contribution in [1.29, 1.82) is 0 Å². The molecule has 0 heterocycles. The van der Waals surface area contributed by atoms with Gasteiger partial charge in [0.05, 0.1) is 0 Å². The van der Waals surface area contributed by atoms with E-state index >= 15 is 0 Å². The maximum absolute atomic E-state index is 3.84. The van der Waals surface area contributed by atoms with Crippen molar-refractivity contribution in [3.63, 3.8) is 0 Å². The monoisotopic (exact) mass is 334 g/mol. The minimum Gasteiger partial charge on any atom is -0.129 e. The first kappa shape index (κ1) is 14.7. The second-order valence-electron chi connectivity index (χ2n) is 4.83. The van der Waals surface area contributed by atoms with E-state index in [9.17, 15) is 0 Å². The smallest absolute Gasteiger partial charge is 0.0446 e. The van der Waals surface area contributed by atoms with E-state index < -0.39 is 0 Å². The summed E-state index contributed by atoms with van der Waals surface area (Å²) >= 11 is 5.65. The fourth-order valence-electron chi connectivity index (χ4n) is 2.17. The van der Waals surface area contributed by atoms with Gasteiger partial charge in [0.2, 0.25) is 0 Å². The Morgan fingerprint density at radius 1 is 1.05 bits per heavy atom. The summed E-state index contributed by atoms with van der Waals surface area (Å²) in [7, 11) is 0. The SMILES string of the molecule is CSc1ccccc1C(Br)Cc1ccc(C)c(C)c1. The van der Waals surface area contributed by atoms with Crippen molar-refractivity contribution in [1.82, 2.24) is 0 Å². The van der Waals surface area contributed by atoms with Gasteiger partial charge in [0.25, 0.3) is 0 Å². The third-order valence-electron chi connectivity index (χ3n) is 3.46. The molecule has 0 amide bonds. The van der Waals surface area contributed by atoms with E-state index in [-0.39, 0.29) is 0 Å². The van der Waals surface area contributed by atoms with Crippen LogP contribution in [0.1, 0.15) is 27.1 Å². The molecule has 0 nitrogen and oxygen atoms in total. The number of aryl methyl sites for hydroxylation is 2. The first-order valence-corrected chi connectivity index (χ1v) is 8.59. The lowest BCUT2D eigenvalue weighted by Gasteiger charge is -2.14. The van der Waals surface area contributed by atoms with Gasteiger partial charge in [0.15, 0.2) is 0 Å². The Balaban J connectivity index is 2.20. The summed E-state index contributed by atoms with van der Waals surface area (Å²) in [5.74, 6) is 0.